The molecular formula is C14H27F3O4. The molecule has 0 fully saturated rings. The van der Waals surface area contributed by atoms with E-state index < -0.39 is 31.4 Å². The maximum atomic E-state index is 11.9. The third kappa shape index (κ3) is 15.8. The minimum atomic E-state index is -4.32. The van der Waals surface area contributed by atoms with Crippen molar-refractivity contribution in [1.82, 2.24) is 0 Å². The Morgan fingerprint density at radius 1 is 1.00 bits per heavy atom. The second kappa shape index (κ2) is 9.61. The van der Waals surface area contributed by atoms with Crippen molar-refractivity contribution in [2.75, 3.05) is 19.8 Å². The van der Waals surface area contributed by atoms with Gasteiger partial charge in [-0.1, -0.05) is 20.8 Å². The lowest BCUT2D eigenvalue weighted by Crippen LogP contribution is -2.26. The van der Waals surface area contributed by atoms with E-state index in [-0.39, 0.29) is 18.6 Å². The van der Waals surface area contributed by atoms with Gasteiger partial charge >= 0.3 is 6.18 Å². The van der Waals surface area contributed by atoms with Gasteiger partial charge in [0.05, 0.1) is 13.2 Å². The van der Waals surface area contributed by atoms with E-state index in [9.17, 15) is 23.4 Å². The summed E-state index contributed by atoms with van der Waals surface area (Å²) in [4.78, 5) is 0. The summed E-state index contributed by atoms with van der Waals surface area (Å²) in [5.74, 6) is 0. The Morgan fingerprint density at radius 3 is 2.14 bits per heavy atom. The zero-order valence-electron chi connectivity index (χ0n) is 12.9. The van der Waals surface area contributed by atoms with Gasteiger partial charge in [-0.05, 0) is 18.3 Å². The van der Waals surface area contributed by atoms with Crippen LogP contribution in [0.15, 0.2) is 0 Å². The van der Waals surface area contributed by atoms with Crippen molar-refractivity contribution < 1.29 is 32.9 Å². The molecule has 0 aromatic heterocycles. The van der Waals surface area contributed by atoms with Gasteiger partial charge in [0.25, 0.3) is 0 Å². The normalized spacial score (nSPS) is 16.0. The fraction of sp³-hybridized carbons (Fsp3) is 1.00. The second-order valence-electron chi connectivity index (χ2n) is 6.33. The summed E-state index contributed by atoms with van der Waals surface area (Å²) in [6.07, 6.45) is -6.60. The SMILES string of the molecule is CC(C)(C)CCCOCC(O)COC(O)CCC(F)(F)F. The number of hydrogen-bond acceptors (Lipinski definition) is 4. The maximum Gasteiger partial charge on any atom is 0.389 e. The Kier molecular flexibility index (Phi) is 9.44. The molecule has 0 aliphatic carbocycles. The first-order valence-corrected chi connectivity index (χ1v) is 7.12. The van der Waals surface area contributed by atoms with Crippen molar-refractivity contribution in [3.8, 4) is 0 Å². The van der Waals surface area contributed by atoms with Crippen molar-refractivity contribution in [1.29, 1.82) is 0 Å². The molecule has 7 heteroatoms. The molecule has 0 aliphatic rings. The third-order valence-corrected chi connectivity index (χ3v) is 2.68. The van der Waals surface area contributed by atoms with E-state index in [1.165, 1.54) is 0 Å². The van der Waals surface area contributed by atoms with Gasteiger partial charge in [0.15, 0.2) is 6.29 Å². The molecule has 2 N–H and O–H groups in total. The summed E-state index contributed by atoms with van der Waals surface area (Å²) in [7, 11) is 0. The zero-order valence-corrected chi connectivity index (χ0v) is 12.9. The van der Waals surface area contributed by atoms with Gasteiger partial charge in [0.2, 0.25) is 0 Å². The Morgan fingerprint density at radius 2 is 1.62 bits per heavy atom. The van der Waals surface area contributed by atoms with E-state index in [1.807, 2.05) is 0 Å². The van der Waals surface area contributed by atoms with Crippen LogP contribution in [0.2, 0.25) is 0 Å². The zero-order chi connectivity index (χ0) is 16.5. The summed E-state index contributed by atoms with van der Waals surface area (Å²) >= 11 is 0. The van der Waals surface area contributed by atoms with Crippen LogP contribution in [-0.2, 0) is 9.47 Å². The molecule has 0 amide bonds. The van der Waals surface area contributed by atoms with E-state index in [2.05, 4.69) is 20.8 Å². The van der Waals surface area contributed by atoms with Crippen molar-refractivity contribution in [3.05, 3.63) is 0 Å². The molecule has 0 saturated heterocycles. The number of hydrogen-bond donors (Lipinski definition) is 2. The van der Waals surface area contributed by atoms with Crippen LogP contribution in [0.25, 0.3) is 0 Å². The number of alkyl halides is 3. The van der Waals surface area contributed by atoms with Crippen LogP contribution in [0.4, 0.5) is 13.2 Å². The van der Waals surface area contributed by atoms with E-state index in [1.54, 1.807) is 0 Å². The number of ether oxygens (including phenoxy) is 2. The van der Waals surface area contributed by atoms with Gasteiger partial charge in [-0.3, -0.25) is 0 Å². The standard InChI is InChI=1S/C14H27F3O4/c1-13(2,3)6-4-8-20-9-11(18)10-21-12(19)5-7-14(15,16)17/h11-12,18-19H,4-10H2,1-3H3. The first kappa shape index (κ1) is 20.6. The summed E-state index contributed by atoms with van der Waals surface area (Å²) in [5.41, 5.74) is 0.230. The average Bonchev–Trinajstić information content (AvgIpc) is 2.31. The predicted molar refractivity (Wildman–Crippen MR) is 72.8 cm³/mol. The highest BCUT2D eigenvalue weighted by Gasteiger charge is 2.28. The highest BCUT2D eigenvalue weighted by molar-refractivity contribution is 4.61. The molecule has 0 radical (unpaired) electrons. The van der Waals surface area contributed by atoms with Crippen molar-refractivity contribution in [2.24, 2.45) is 5.41 Å². The fourth-order valence-electron chi connectivity index (χ4n) is 1.56. The number of aliphatic hydroxyl groups excluding tert-OH is 2. The topological polar surface area (TPSA) is 58.9 Å². The average molecular weight is 316 g/mol. The van der Waals surface area contributed by atoms with Crippen molar-refractivity contribution in [3.63, 3.8) is 0 Å². The molecule has 0 bridgehead atoms. The minimum absolute atomic E-state index is 0.0378. The van der Waals surface area contributed by atoms with Gasteiger partial charge in [0.1, 0.15) is 6.10 Å². The predicted octanol–water partition coefficient (Wildman–Crippen LogP) is 2.87. The molecule has 21 heavy (non-hydrogen) atoms. The van der Waals surface area contributed by atoms with Gasteiger partial charge in [-0.2, -0.15) is 13.2 Å². The molecule has 0 spiro atoms. The molecule has 128 valence electrons. The number of aliphatic hydroxyl groups is 2. The van der Waals surface area contributed by atoms with Crippen LogP contribution in [0, 0.1) is 5.41 Å². The fourth-order valence-corrected chi connectivity index (χ4v) is 1.56. The Labute approximate surface area is 124 Å². The molecule has 0 saturated carbocycles. The van der Waals surface area contributed by atoms with Crippen LogP contribution in [0.3, 0.4) is 0 Å². The summed E-state index contributed by atoms with van der Waals surface area (Å²) in [5, 5.41) is 18.7. The second-order valence-corrected chi connectivity index (χ2v) is 6.33. The quantitative estimate of drug-likeness (QED) is 0.481. The van der Waals surface area contributed by atoms with Crippen LogP contribution in [-0.4, -0.2) is 48.6 Å². The van der Waals surface area contributed by atoms with E-state index in [4.69, 9.17) is 9.47 Å². The molecule has 0 aromatic carbocycles. The first-order chi connectivity index (χ1) is 9.49. The summed E-state index contributed by atoms with van der Waals surface area (Å²) < 4.78 is 45.7. The highest BCUT2D eigenvalue weighted by Crippen LogP contribution is 2.22. The highest BCUT2D eigenvalue weighted by atomic mass is 19.4. The van der Waals surface area contributed by atoms with Gasteiger partial charge in [-0.15, -0.1) is 0 Å². The summed E-state index contributed by atoms with van der Waals surface area (Å²) in [6, 6.07) is 0. The lowest BCUT2D eigenvalue weighted by atomic mass is 9.91. The molecule has 2 unspecified atom stereocenters. The van der Waals surface area contributed by atoms with Gasteiger partial charge in [-0.25, -0.2) is 0 Å². The van der Waals surface area contributed by atoms with Crippen LogP contribution >= 0.6 is 0 Å². The van der Waals surface area contributed by atoms with Gasteiger partial charge < -0.3 is 19.7 Å². The molecule has 4 nitrogen and oxygen atoms in total. The molecule has 0 aliphatic heterocycles. The van der Waals surface area contributed by atoms with Crippen molar-refractivity contribution in [2.45, 2.75) is 65.0 Å². The lowest BCUT2D eigenvalue weighted by Gasteiger charge is -2.18. The van der Waals surface area contributed by atoms with E-state index in [0.717, 1.165) is 12.8 Å². The molecule has 0 rings (SSSR count). The Hall–Kier alpha value is -0.370. The van der Waals surface area contributed by atoms with E-state index >= 15 is 0 Å². The van der Waals surface area contributed by atoms with Crippen LogP contribution in [0.5, 0.6) is 0 Å². The monoisotopic (exact) mass is 316 g/mol. The summed E-state index contributed by atoms with van der Waals surface area (Å²) in [6.45, 7) is 6.66. The molecule has 2 atom stereocenters. The van der Waals surface area contributed by atoms with Crippen LogP contribution < -0.4 is 0 Å². The first-order valence-electron chi connectivity index (χ1n) is 7.12. The van der Waals surface area contributed by atoms with Gasteiger partial charge in [0, 0.05) is 19.4 Å². The van der Waals surface area contributed by atoms with E-state index in [0.29, 0.717) is 6.61 Å². The number of halogens is 3. The Bertz CT molecular complexity index is 264. The minimum Gasteiger partial charge on any atom is -0.388 e. The smallest absolute Gasteiger partial charge is 0.388 e. The third-order valence-electron chi connectivity index (χ3n) is 2.68. The van der Waals surface area contributed by atoms with Crippen LogP contribution in [0.1, 0.15) is 46.5 Å². The molecule has 0 heterocycles. The Balaban J connectivity index is 3.55. The molecule has 0 aromatic rings. The lowest BCUT2D eigenvalue weighted by molar-refractivity contribution is -0.171. The largest absolute Gasteiger partial charge is 0.389 e. The molecular weight excluding hydrogens is 289 g/mol. The van der Waals surface area contributed by atoms with Crippen molar-refractivity contribution >= 4 is 0 Å². The maximum absolute atomic E-state index is 11.9. The number of rotatable bonds is 10.